The van der Waals surface area contributed by atoms with Gasteiger partial charge in [0, 0.05) is 22.9 Å². The van der Waals surface area contributed by atoms with Gasteiger partial charge in [-0.25, -0.2) is 4.79 Å². The highest BCUT2D eigenvalue weighted by atomic mass is 35.5. The second-order valence-electron chi connectivity index (χ2n) is 6.05. The van der Waals surface area contributed by atoms with E-state index >= 15 is 0 Å². The molecule has 4 rings (SSSR count). The van der Waals surface area contributed by atoms with Crippen molar-refractivity contribution < 1.29 is 4.79 Å². The highest BCUT2D eigenvalue weighted by Gasteiger charge is 2.22. The minimum absolute atomic E-state index is 0.268. The van der Waals surface area contributed by atoms with Gasteiger partial charge in [0.1, 0.15) is 0 Å². The summed E-state index contributed by atoms with van der Waals surface area (Å²) in [7, 11) is 0. The summed E-state index contributed by atoms with van der Waals surface area (Å²) in [5.41, 5.74) is 2.92. The summed E-state index contributed by atoms with van der Waals surface area (Å²) in [5.74, 6) is 0. The number of benzene rings is 3. The van der Waals surface area contributed by atoms with Crippen LogP contribution in [0.1, 0.15) is 0 Å². The maximum Gasteiger partial charge on any atom is 0.319 e. The van der Waals surface area contributed by atoms with E-state index in [-0.39, 0.29) is 6.03 Å². The summed E-state index contributed by atoms with van der Waals surface area (Å²) in [6, 6.07) is 23.6. The largest absolute Gasteiger partial charge is 0.338 e. The molecule has 4 nitrogen and oxygen atoms in total. The van der Waals surface area contributed by atoms with Crippen molar-refractivity contribution in [3.8, 4) is 0 Å². The molecule has 0 spiro atoms. The van der Waals surface area contributed by atoms with E-state index in [9.17, 15) is 4.79 Å². The van der Waals surface area contributed by atoms with Crippen LogP contribution < -0.4 is 15.5 Å². The maximum absolute atomic E-state index is 12.2. The second kappa shape index (κ2) is 7.94. The van der Waals surface area contributed by atoms with E-state index in [1.807, 2.05) is 36.4 Å². The molecular formula is C21H18ClN3OS. The minimum atomic E-state index is -0.268. The predicted molar refractivity (Wildman–Crippen MR) is 112 cm³/mol. The molecule has 27 heavy (non-hydrogen) atoms. The first-order chi connectivity index (χ1) is 13.2. The number of rotatable bonds is 4. The molecule has 0 fully saturated rings. The van der Waals surface area contributed by atoms with Gasteiger partial charge in [0.25, 0.3) is 0 Å². The van der Waals surface area contributed by atoms with Gasteiger partial charge in [-0.2, -0.15) is 0 Å². The number of amides is 2. The van der Waals surface area contributed by atoms with Crippen molar-refractivity contribution in [3.05, 3.63) is 77.8 Å². The fourth-order valence-electron chi connectivity index (χ4n) is 3.03. The van der Waals surface area contributed by atoms with Crippen molar-refractivity contribution in [2.45, 2.75) is 9.79 Å². The SMILES string of the molecule is O=C(NCCN1c2ccccc2Sc2ccccc21)Nc1ccccc1Cl. The van der Waals surface area contributed by atoms with Crippen molar-refractivity contribution in [2.24, 2.45) is 0 Å². The van der Waals surface area contributed by atoms with Gasteiger partial charge in [0.15, 0.2) is 0 Å². The number of hydrogen-bond acceptors (Lipinski definition) is 3. The number of halogens is 1. The van der Waals surface area contributed by atoms with Gasteiger partial charge in [-0.3, -0.25) is 0 Å². The first-order valence-electron chi connectivity index (χ1n) is 8.65. The van der Waals surface area contributed by atoms with E-state index in [0.29, 0.717) is 23.8 Å². The summed E-state index contributed by atoms with van der Waals surface area (Å²) >= 11 is 7.86. The molecule has 0 unspecified atom stereocenters. The van der Waals surface area contributed by atoms with Crippen LogP contribution >= 0.6 is 23.4 Å². The number of carbonyl (C=O) groups is 1. The monoisotopic (exact) mass is 395 g/mol. The highest BCUT2D eigenvalue weighted by molar-refractivity contribution is 7.99. The third-order valence-electron chi connectivity index (χ3n) is 4.28. The lowest BCUT2D eigenvalue weighted by Gasteiger charge is -2.32. The van der Waals surface area contributed by atoms with Gasteiger partial charge >= 0.3 is 6.03 Å². The van der Waals surface area contributed by atoms with E-state index in [2.05, 4.69) is 39.8 Å². The van der Waals surface area contributed by atoms with Crippen molar-refractivity contribution in [1.29, 1.82) is 0 Å². The van der Waals surface area contributed by atoms with Crippen LogP contribution in [0.4, 0.5) is 21.9 Å². The first-order valence-corrected chi connectivity index (χ1v) is 9.84. The molecule has 0 aromatic heterocycles. The molecule has 2 amide bonds. The van der Waals surface area contributed by atoms with Crippen LogP contribution in [-0.4, -0.2) is 19.1 Å². The number of anilines is 3. The van der Waals surface area contributed by atoms with Crippen molar-refractivity contribution >= 4 is 46.5 Å². The molecule has 0 saturated carbocycles. The molecule has 0 atom stereocenters. The Labute approximate surface area is 167 Å². The Bertz CT molecular complexity index is 933. The molecular weight excluding hydrogens is 378 g/mol. The van der Waals surface area contributed by atoms with Crippen LogP contribution in [0.5, 0.6) is 0 Å². The number of nitrogens with one attached hydrogen (secondary N) is 2. The molecule has 0 bridgehead atoms. The first kappa shape index (κ1) is 17.8. The van der Waals surface area contributed by atoms with Gasteiger partial charge in [0.2, 0.25) is 0 Å². The Hall–Kier alpha value is -2.63. The third-order valence-corrected chi connectivity index (χ3v) is 5.73. The molecule has 3 aromatic carbocycles. The summed E-state index contributed by atoms with van der Waals surface area (Å²) in [4.78, 5) is 16.9. The van der Waals surface area contributed by atoms with Crippen molar-refractivity contribution in [3.63, 3.8) is 0 Å². The summed E-state index contributed by atoms with van der Waals surface area (Å²) < 4.78 is 0. The van der Waals surface area contributed by atoms with Gasteiger partial charge in [-0.15, -0.1) is 0 Å². The van der Waals surface area contributed by atoms with Gasteiger partial charge in [0.05, 0.1) is 22.1 Å². The lowest BCUT2D eigenvalue weighted by atomic mass is 10.2. The fourth-order valence-corrected chi connectivity index (χ4v) is 4.31. The molecule has 0 radical (unpaired) electrons. The molecule has 0 aliphatic carbocycles. The van der Waals surface area contributed by atoms with Crippen LogP contribution in [0.25, 0.3) is 0 Å². The Balaban J connectivity index is 1.44. The molecule has 1 aliphatic rings. The van der Waals surface area contributed by atoms with E-state index < -0.39 is 0 Å². The normalized spacial score (nSPS) is 12.1. The lowest BCUT2D eigenvalue weighted by Crippen LogP contribution is -2.36. The number of carbonyl (C=O) groups excluding carboxylic acids is 1. The Morgan fingerprint density at radius 1 is 0.889 bits per heavy atom. The second-order valence-corrected chi connectivity index (χ2v) is 7.54. The average Bonchev–Trinajstić information content (AvgIpc) is 2.69. The van der Waals surface area contributed by atoms with Crippen LogP contribution in [0, 0.1) is 0 Å². The molecule has 1 aliphatic heterocycles. The van der Waals surface area contributed by atoms with Gasteiger partial charge < -0.3 is 15.5 Å². The van der Waals surface area contributed by atoms with E-state index in [1.54, 1.807) is 23.9 Å². The quantitative estimate of drug-likeness (QED) is 0.589. The maximum atomic E-state index is 12.2. The number of urea groups is 1. The number of fused-ring (bicyclic) bond motifs is 2. The van der Waals surface area contributed by atoms with Crippen LogP contribution in [0.3, 0.4) is 0 Å². The topological polar surface area (TPSA) is 44.4 Å². The summed E-state index contributed by atoms with van der Waals surface area (Å²) in [6.45, 7) is 1.17. The van der Waals surface area contributed by atoms with Crippen LogP contribution in [0.2, 0.25) is 5.02 Å². The van der Waals surface area contributed by atoms with Crippen molar-refractivity contribution in [1.82, 2.24) is 5.32 Å². The molecule has 0 saturated heterocycles. The Morgan fingerprint density at radius 3 is 2.15 bits per heavy atom. The van der Waals surface area contributed by atoms with Gasteiger partial charge in [-0.1, -0.05) is 59.8 Å². The molecule has 136 valence electrons. The minimum Gasteiger partial charge on any atom is -0.338 e. The Morgan fingerprint density at radius 2 is 1.48 bits per heavy atom. The highest BCUT2D eigenvalue weighted by Crippen LogP contribution is 2.47. The van der Waals surface area contributed by atoms with E-state index in [4.69, 9.17) is 11.6 Å². The summed E-state index contributed by atoms with van der Waals surface area (Å²) in [6.07, 6.45) is 0. The van der Waals surface area contributed by atoms with E-state index in [0.717, 1.165) is 11.4 Å². The number of hydrogen-bond donors (Lipinski definition) is 2. The molecule has 1 heterocycles. The molecule has 6 heteroatoms. The van der Waals surface area contributed by atoms with Crippen molar-refractivity contribution in [2.75, 3.05) is 23.3 Å². The van der Waals surface area contributed by atoms with Crippen LogP contribution in [-0.2, 0) is 0 Å². The molecule has 3 aromatic rings. The fraction of sp³-hybridized carbons (Fsp3) is 0.0952. The van der Waals surface area contributed by atoms with Crippen LogP contribution in [0.15, 0.2) is 82.6 Å². The smallest absolute Gasteiger partial charge is 0.319 e. The average molecular weight is 396 g/mol. The number of para-hydroxylation sites is 3. The summed E-state index contributed by atoms with van der Waals surface area (Å²) in [5, 5.41) is 6.21. The standard InChI is InChI=1S/C21H18ClN3OS/c22-15-7-1-2-8-16(15)24-21(26)23-13-14-25-17-9-3-5-11-19(17)27-20-12-6-4-10-18(20)25/h1-12H,13-14H2,(H2,23,24,26). The zero-order valence-electron chi connectivity index (χ0n) is 14.5. The third kappa shape index (κ3) is 3.89. The number of nitrogens with zero attached hydrogens (tertiary/aromatic N) is 1. The zero-order valence-corrected chi connectivity index (χ0v) is 16.1. The molecule has 2 N–H and O–H groups in total. The predicted octanol–water partition coefficient (Wildman–Crippen LogP) is 5.76. The Kier molecular flexibility index (Phi) is 5.23. The zero-order chi connectivity index (χ0) is 18.6. The lowest BCUT2D eigenvalue weighted by molar-refractivity contribution is 0.252. The van der Waals surface area contributed by atoms with Gasteiger partial charge in [-0.05, 0) is 36.4 Å². The van der Waals surface area contributed by atoms with E-state index in [1.165, 1.54) is 9.79 Å².